The highest BCUT2D eigenvalue weighted by atomic mass is 32.2. The van der Waals surface area contributed by atoms with Crippen LogP contribution in [0.2, 0.25) is 0 Å². The lowest BCUT2D eigenvalue weighted by molar-refractivity contribution is 0.208. The van der Waals surface area contributed by atoms with Gasteiger partial charge in [0, 0.05) is 38.3 Å². The molecule has 124 valence electrons. The normalized spacial score (nSPS) is 18.0. The van der Waals surface area contributed by atoms with Crippen molar-refractivity contribution in [1.29, 1.82) is 0 Å². The van der Waals surface area contributed by atoms with Gasteiger partial charge in [0.05, 0.1) is 16.9 Å². The summed E-state index contributed by atoms with van der Waals surface area (Å²) in [5.74, 6) is 1.03. The number of benzene rings is 1. The molecule has 0 amide bonds. The average molecular weight is 334 g/mol. The summed E-state index contributed by atoms with van der Waals surface area (Å²) >= 11 is 0. The first-order valence-corrected chi connectivity index (χ1v) is 9.52. The van der Waals surface area contributed by atoms with Gasteiger partial charge in [-0.2, -0.15) is 0 Å². The van der Waals surface area contributed by atoms with Gasteiger partial charge in [-0.25, -0.2) is 8.42 Å². The van der Waals surface area contributed by atoms with E-state index < -0.39 is 9.84 Å². The molecule has 23 heavy (non-hydrogen) atoms. The van der Waals surface area contributed by atoms with Gasteiger partial charge >= 0.3 is 0 Å². The Morgan fingerprint density at radius 1 is 1.04 bits per heavy atom. The van der Waals surface area contributed by atoms with E-state index in [1.165, 1.54) is 0 Å². The Labute approximate surface area is 137 Å². The molecule has 1 unspecified atom stereocenters. The summed E-state index contributed by atoms with van der Waals surface area (Å²) in [5.41, 5.74) is 0. The van der Waals surface area contributed by atoms with Crippen LogP contribution in [0.25, 0.3) is 0 Å². The quantitative estimate of drug-likeness (QED) is 0.839. The fourth-order valence-corrected chi connectivity index (χ4v) is 4.59. The van der Waals surface area contributed by atoms with E-state index in [-0.39, 0.29) is 11.8 Å². The van der Waals surface area contributed by atoms with E-state index in [1.807, 2.05) is 25.1 Å². The lowest BCUT2D eigenvalue weighted by Crippen LogP contribution is -2.51. The van der Waals surface area contributed by atoms with E-state index in [9.17, 15) is 8.42 Å². The van der Waals surface area contributed by atoms with Crippen LogP contribution in [-0.2, 0) is 9.84 Å². The molecule has 0 spiro atoms. The molecule has 3 rings (SSSR count). The Morgan fingerprint density at radius 3 is 2.35 bits per heavy atom. The highest BCUT2D eigenvalue weighted by molar-refractivity contribution is 7.91. The van der Waals surface area contributed by atoms with E-state index >= 15 is 0 Å². The van der Waals surface area contributed by atoms with Crippen molar-refractivity contribution >= 4 is 15.7 Å². The Balaban J connectivity index is 1.58. The molecule has 1 aromatic carbocycles. The van der Waals surface area contributed by atoms with E-state index in [0.717, 1.165) is 32.1 Å². The topological polar surface area (TPSA) is 53.8 Å². The second kappa shape index (κ2) is 6.76. The number of anilines is 1. The maximum absolute atomic E-state index is 12.5. The van der Waals surface area contributed by atoms with Crippen LogP contribution in [0.4, 0.5) is 5.88 Å². The maximum Gasteiger partial charge on any atom is 0.195 e. The predicted molar refractivity (Wildman–Crippen MR) is 90.5 cm³/mol. The smallest absolute Gasteiger partial charge is 0.195 e. The molecule has 1 saturated heterocycles. The molecule has 5 nitrogen and oxygen atoms in total. The number of hydrogen-bond donors (Lipinski definition) is 0. The van der Waals surface area contributed by atoms with Crippen molar-refractivity contribution < 1.29 is 12.8 Å². The van der Waals surface area contributed by atoms with Crippen LogP contribution in [0.3, 0.4) is 0 Å². The number of hydrogen-bond acceptors (Lipinski definition) is 5. The van der Waals surface area contributed by atoms with Crippen molar-refractivity contribution in [3.8, 4) is 0 Å². The molecular formula is C17H22N2O3S. The molecule has 1 atom stereocenters. The van der Waals surface area contributed by atoms with Crippen LogP contribution in [0, 0.1) is 0 Å². The van der Waals surface area contributed by atoms with Crippen molar-refractivity contribution in [2.24, 2.45) is 0 Å². The first kappa shape index (κ1) is 16.1. The fraction of sp³-hybridized carbons (Fsp3) is 0.412. The zero-order chi connectivity index (χ0) is 16.3. The molecule has 1 aliphatic rings. The molecule has 6 heteroatoms. The van der Waals surface area contributed by atoms with Gasteiger partial charge in [-0.15, -0.1) is 0 Å². The summed E-state index contributed by atoms with van der Waals surface area (Å²) in [5, 5.41) is 0. The van der Waals surface area contributed by atoms with Crippen molar-refractivity contribution in [2.45, 2.75) is 17.9 Å². The number of rotatable bonds is 5. The van der Waals surface area contributed by atoms with Crippen molar-refractivity contribution in [1.82, 2.24) is 4.90 Å². The third-order valence-electron chi connectivity index (χ3n) is 4.32. The zero-order valence-electron chi connectivity index (χ0n) is 13.3. The van der Waals surface area contributed by atoms with Gasteiger partial charge in [-0.05, 0) is 25.1 Å². The lowest BCUT2D eigenvalue weighted by Gasteiger charge is -2.37. The Morgan fingerprint density at radius 2 is 1.74 bits per heavy atom. The molecule has 2 heterocycles. The third kappa shape index (κ3) is 3.76. The molecule has 0 radical (unpaired) electrons. The molecule has 0 saturated carbocycles. The van der Waals surface area contributed by atoms with Crippen LogP contribution in [0.1, 0.15) is 6.92 Å². The molecular weight excluding hydrogens is 312 g/mol. The molecule has 0 aliphatic carbocycles. The first-order chi connectivity index (χ1) is 11.1. The van der Waals surface area contributed by atoms with Gasteiger partial charge in [-0.3, -0.25) is 4.90 Å². The minimum absolute atomic E-state index is 0.000966. The Bertz CT molecular complexity index is 706. The summed E-state index contributed by atoms with van der Waals surface area (Å²) in [4.78, 5) is 4.83. The van der Waals surface area contributed by atoms with Crippen molar-refractivity contribution in [3.63, 3.8) is 0 Å². The minimum Gasteiger partial charge on any atom is -0.449 e. The van der Waals surface area contributed by atoms with E-state index in [1.54, 1.807) is 30.5 Å². The van der Waals surface area contributed by atoms with Crippen LogP contribution in [0.15, 0.2) is 58.0 Å². The average Bonchev–Trinajstić information content (AvgIpc) is 3.10. The molecule has 1 aromatic heterocycles. The summed E-state index contributed by atoms with van der Waals surface area (Å²) in [6.07, 6.45) is 1.68. The highest BCUT2D eigenvalue weighted by Gasteiger charge is 2.26. The standard InChI is InChI=1S/C17H22N2O3S/c1-15(14-23(20,21)16-6-3-2-4-7-16)18-9-11-19(12-10-18)17-8-5-13-22-17/h2-8,13,15H,9-12,14H2,1H3. The SMILES string of the molecule is CC(CS(=O)(=O)c1ccccc1)N1CCN(c2ccco2)CC1. The van der Waals surface area contributed by atoms with Crippen LogP contribution >= 0.6 is 0 Å². The molecule has 0 N–H and O–H groups in total. The van der Waals surface area contributed by atoms with Crippen LogP contribution < -0.4 is 4.90 Å². The van der Waals surface area contributed by atoms with E-state index in [2.05, 4.69) is 9.80 Å². The van der Waals surface area contributed by atoms with Crippen LogP contribution in [0.5, 0.6) is 0 Å². The molecule has 1 aliphatic heterocycles. The largest absolute Gasteiger partial charge is 0.449 e. The zero-order valence-corrected chi connectivity index (χ0v) is 14.1. The fourth-order valence-electron chi connectivity index (χ4n) is 2.98. The Kier molecular flexibility index (Phi) is 4.73. The van der Waals surface area contributed by atoms with E-state index in [4.69, 9.17) is 4.42 Å². The number of furan rings is 1. The van der Waals surface area contributed by atoms with Gasteiger partial charge in [0.1, 0.15) is 0 Å². The number of nitrogens with zero attached hydrogens (tertiary/aromatic N) is 2. The van der Waals surface area contributed by atoms with Crippen LogP contribution in [-0.4, -0.2) is 51.3 Å². The van der Waals surface area contributed by atoms with Gasteiger partial charge in [0.25, 0.3) is 0 Å². The summed E-state index contributed by atoms with van der Waals surface area (Å²) in [6, 6.07) is 12.5. The number of sulfone groups is 1. The lowest BCUT2D eigenvalue weighted by atomic mass is 10.2. The number of piperazine rings is 1. The van der Waals surface area contributed by atoms with Crippen molar-refractivity contribution in [2.75, 3.05) is 36.8 Å². The Hall–Kier alpha value is -1.79. The van der Waals surface area contributed by atoms with Gasteiger partial charge in [0.2, 0.25) is 0 Å². The highest BCUT2D eigenvalue weighted by Crippen LogP contribution is 2.19. The second-order valence-electron chi connectivity index (χ2n) is 5.92. The summed E-state index contributed by atoms with van der Waals surface area (Å²) in [6.45, 7) is 5.37. The van der Waals surface area contributed by atoms with Gasteiger partial charge < -0.3 is 9.32 Å². The maximum atomic E-state index is 12.5. The summed E-state index contributed by atoms with van der Waals surface area (Å²) < 4.78 is 30.4. The molecule has 1 fully saturated rings. The molecule has 2 aromatic rings. The van der Waals surface area contributed by atoms with E-state index in [0.29, 0.717) is 4.90 Å². The monoisotopic (exact) mass is 334 g/mol. The predicted octanol–water partition coefficient (Wildman–Crippen LogP) is 2.26. The van der Waals surface area contributed by atoms with Crippen molar-refractivity contribution in [3.05, 3.63) is 48.7 Å². The third-order valence-corrected chi connectivity index (χ3v) is 6.23. The minimum atomic E-state index is -3.24. The van der Waals surface area contributed by atoms with Gasteiger partial charge in [-0.1, -0.05) is 18.2 Å². The summed E-state index contributed by atoms with van der Waals surface area (Å²) in [7, 11) is -3.24. The first-order valence-electron chi connectivity index (χ1n) is 7.86. The molecule has 0 bridgehead atoms. The second-order valence-corrected chi connectivity index (χ2v) is 7.95. The van der Waals surface area contributed by atoms with Gasteiger partial charge in [0.15, 0.2) is 15.7 Å².